The van der Waals surface area contributed by atoms with Gasteiger partial charge in [0.15, 0.2) is 12.4 Å². The highest BCUT2D eigenvalue weighted by Crippen LogP contribution is 2.26. The number of carbonyl (C=O) groups is 2. The lowest BCUT2D eigenvalue weighted by molar-refractivity contribution is 0.0952. The molecule has 32 heavy (non-hydrogen) atoms. The van der Waals surface area contributed by atoms with Crippen molar-refractivity contribution < 1.29 is 14.3 Å². The van der Waals surface area contributed by atoms with Gasteiger partial charge >= 0.3 is 0 Å². The van der Waals surface area contributed by atoms with Crippen LogP contribution in [0.2, 0.25) is 5.02 Å². The number of carbonyl (C=O) groups excluding carboxylic acids is 2. The van der Waals surface area contributed by atoms with Crippen LogP contribution in [0.25, 0.3) is 5.82 Å². The monoisotopic (exact) mass is 449 g/mol. The van der Waals surface area contributed by atoms with Crippen LogP contribution in [-0.2, 0) is 0 Å². The molecule has 0 saturated heterocycles. The molecular formula is C23H20ClN5O3. The van der Waals surface area contributed by atoms with E-state index >= 15 is 0 Å². The number of hydrogen-bond donors (Lipinski definition) is 2. The average molecular weight is 450 g/mol. The molecule has 1 aliphatic carbocycles. The lowest BCUT2D eigenvalue weighted by Crippen LogP contribution is -2.27. The van der Waals surface area contributed by atoms with E-state index < -0.39 is 5.91 Å². The summed E-state index contributed by atoms with van der Waals surface area (Å²) in [7, 11) is 0. The van der Waals surface area contributed by atoms with Crippen LogP contribution in [0.3, 0.4) is 0 Å². The number of halogens is 1. The van der Waals surface area contributed by atoms with Gasteiger partial charge in [0.05, 0.1) is 16.3 Å². The predicted molar refractivity (Wildman–Crippen MR) is 120 cm³/mol. The largest absolute Gasteiger partial charge is 0.463 e. The molecule has 1 aliphatic rings. The van der Waals surface area contributed by atoms with Gasteiger partial charge in [-0.3, -0.25) is 9.59 Å². The molecule has 2 amide bonds. The van der Waals surface area contributed by atoms with Gasteiger partial charge in [0.1, 0.15) is 5.69 Å². The van der Waals surface area contributed by atoms with E-state index in [-0.39, 0.29) is 35.9 Å². The lowest BCUT2D eigenvalue weighted by atomic mass is 10.1. The maximum atomic E-state index is 13.3. The molecule has 0 atom stereocenters. The highest BCUT2D eigenvalue weighted by molar-refractivity contribution is 6.32. The summed E-state index contributed by atoms with van der Waals surface area (Å²) in [4.78, 5) is 30.2. The highest BCUT2D eigenvalue weighted by Gasteiger charge is 2.26. The number of benzene rings is 1. The van der Waals surface area contributed by atoms with Crippen LogP contribution >= 0.6 is 11.6 Å². The van der Waals surface area contributed by atoms with Crippen LogP contribution in [0, 0.1) is 19.3 Å². The molecule has 162 valence electrons. The summed E-state index contributed by atoms with van der Waals surface area (Å²) in [5.74, 6) is 2.02. The number of amides is 2. The highest BCUT2D eigenvalue weighted by atomic mass is 35.5. The van der Waals surface area contributed by atoms with Gasteiger partial charge in [-0.25, -0.2) is 9.67 Å². The number of aryl methyl sites for hydroxylation is 1. The fourth-order valence-corrected chi connectivity index (χ4v) is 3.29. The smallest absolute Gasteiger partial charge is 0.274 e. The molecule has 0 aliphatic heterocycles. The van der Waals surface area contributed by atoms with E-state index in [4.69, 9.17) is 22.8 Å². The molecule has 2 N–H and O–H groups in total. The normalized spacial score (nSPS) is 12.7. The molecule has 0 bridgehead atoms. The van der Waals surface area contributed by atoms with Crippen LogP contribution in [0.5, 0.6) is 5.88 Å². The number of terminal acetylenes is 1. The Kier molecular flexibility index (Phi) is 6.10. The SMILES string of the molecule is C#CCOc1cc(C(=O)Nc2c(C)cccc2C(=O)NC2CC2)n(-c2ncccc2Cl)n1. The molecule has 2 aromatic heterocycles. The van der Waals surface area contributed by atoms with Crippen molar-refractivity contribution in [1.82, 2.24) is 20.1 Å². The first-order valence-electron chi connectivity index (χ1n) is 9.97. The minimum Gasteiger partial charge on any atom is -0.463 e. The summed E-state index contributed by atoms with van der Waals surface area (Å²) < 4.78 is 6.68. The Morgan fingerprint density at radius 3 is 2.81 bits per heavy atom. The summed E-state index contributed by atoms with van der Waals surface area (Å²) in [5.41, 5.74) is 1.67. The number of rotatable bonds is 7. The van der Waals surface area contributed by atoms with Crippen LogP contribution in [0.1, 0.15) is 39.3 Å². The van der Waals surface area contributed by atoms with E-state index in [0.29, 0.717) is 16.3 Å². The van der Waals surface area contributed by atoms with Gasteiger partial charge in [0.2, 0.25) is 5.88 Å². The zero-order valence-corrected chi connectivity index (χ0v) is 18.0. The maximum absolute atomic E-state index is 13.3. The van der Waals surface area contributed by atoms with Crippen molar-refractivity contribution in [2.75, 3.05) is 11.9 Å². The Morgan fingerprint density at radius 2 is 2.09 bits per heavy atom. The standard InChI is InChI=1S/C23H20ClN5O3/c1-3-12-32-19-13-18(29(28-19)21-17(24)8-5-11-25-21)23(31)27-20-14(2)6-4-7-16(20)22(30)26-15-9-10-15/h1,4-8,11,13,15H,9-10,12H2,2H3,(H,26,30)(H,27,31). The third kappa shape index (κ3) is 4.58. The van der Waals surface area contributed by atoms with E-state index in [1.54, 1.807) is 24.3 Å². The lowest BCUT2D eigenvalue weighted by Gasteiger charge is -2.14. The Balaban J connectivity index is 1.69. The number of aromatic nitrogens is 3. The first kappa shape index (κ1) is 21.4. The molecule has 9 heteroatoms. The second-order valence-corrected chi connectivity index (χ2v) is 7.69. The first-order valence-corrected chi connectivity index (χ1v) is 10.3. The molecule has 2 heterocycles. The van der Waals surface area contributed by atoms with Gasteiger partial charge in [-0.05, 0) is 43.5 Å². The maximum Gasteiger partial charge on any atom is 0.274 e. The van der Waals surface area contributed by atoms with Crippen LogP contribution in [0.4, 0.5) is 5.69 Å². The predicted octanol–water partition coefficient (Wildman–Crippen LogP) is 3.39. The summed E-state index contributed by atoms with van der Waals surface area (Å²) >= 11 is 6.27. The second-order valence-electron chi connectivity index (χ2n) is 7.28. The molecule has 4 rings (SSSR count). The third-order valence-corrected chi connectivity index (χ3v) is 5.13. The quantitative estimate of drug-likeness (QED) is 0.539. The third-order valence-electron chi connectivity index (χ3n) is 4.83. The fourth-order valence-electron chi connectivity index (χ4n) is 3.09. The van der Waals surface area contributed by atoms with Crippen molar-refractivity contribution in [2.45, 2.75) is 25.8 Å². The Bertz CT molecular complexity index is 1230. The number of para-hydroxylation sites is 1. The second kappa shape index (κ2) is 9.12. The molecule has 0 spiro atoms. The number of ether oxygens (including phenoxy) is 1. The Labute approximate surface area is 189 Å². The summed E-state index contributed by atoms with van der Waals surface area (Å²) in [6, 6.07) is 10.2. The molecular weight excluding hydrogens is 430 g/mol. The van der Waals surface area contributed by atoms with Gasteiger partial charge < -0.3 is 15.4 Å². The van der Waals surface area contributed by atoms with Crippen molar-refractivity contribution in [3.05, 3.63) is 64.4 Å². The molecule has 3 aromatic rings. The van der Waals surface area contributed by atoms with Gasteiger partial charge in [-0.1, -0.05) is 29.7 Å². The van der Waals surface area contributed by atoms with Gasteiger partial charge in [0, 0.05) is 18.3 Å². The van der Waals surface area contributed by atoms with Crippen LogP contribution in [-0.4, -0.2) is 39.2 Å². The van der Waals surface area contributed by atoms with E-state index in [2.05, 4.69) is 26.6 Å². The number of hydrogen-bond acceptors (Lipinski definition) is 5. The minimum atomic E-state index is -0.510. The van der Waals surface area contributed by atoms with Crippen LogP contribution < -0.4 is 15.4 Å². The number of nitrogens with zero attached hydrogens (tertiary/aromatic N) is 3. The van der Waals surface area contributed by atoms with E-state index in [1.165, 1.54) is 16.9 Å². The van der Waals surface area contributed by atoms with Crippen molar-refractivity contribution in [3.8, 4) is 24.0 Å². The first-order chi connectivity index (χ1) is 15.5. The van der Waals surface area contributed by atoms with Crippen molar-refractivity contribution in [2.24, 2.45) is 0 Å². The molecule has 0 radical (unpaired) electrons. The molecule has 1 fully saturated rings. The fraction of sp³-hybridized carbons (Fsp3) is 0.217. The zero-order chi connectivity index (χ0) is 22.7. The number of nitrogens with one attached hydrogen (secondary N) is 2. The summed E-state index contributed by atoms with van der Waals surface area (Å²) in [6.07, 6.45) is 8.72. The molecule has 8 nitrogen and oxygen atoms in total. The zero-order valence-electron chi connectivity index (χ0n) is 17.3. The molecule has 1 aromatic carbocycles. The van der Waals surface area contributed by atoms with E-state index in [1.807, 2.05) is 13.0 Å². The minimum absolute atomic E-state index is 0.0166. The molecule has 0 unspecified atom stereocenters. The van der Waals surface area contributed by atoms with Gasteiger partial charge in [-0.2, -0.15) is 0 Å². The van der Waals surface area contributed by atoms with Crippen molar-refractivity contribution in [3.63, 3.8) is 0 Å². The van der Waals surface area contributed by atoms with E-state index in [9.17, 15) is 9.59 Å². The summed E-state index contributed by atoms with van der Waals surface area (Å²) in [6.45, 7) is 1.80. The van der Waals surface area contributed by atoms with E-state index in [0.717, 1.165) is 18.4 Å². The topological polar surface area (TPSA) is 98.1 Å². The van der Waals surface area contributed by atoms with Crippen molar-refractivity contribution in [1.29, 1.82) is 0 Å². The molecule has 1 saturated carbocycles. The van der Waals surface area contributed by atoms with Crippen LogP contribution in [0.15, 0.2) is 42.6 Å². The van der Waals surface area contributed by atoms with Gasteiger partial charge in [-0.15, -0.1) is 11.5 Å². The average Bonchev–Trinajstić information content (AvgIpc) is 3.49. The Hall–Kier alpha value is -3.83. The van der Waals surface area contributed by atoms with Crippen molar-refractivity contribution >= 4 is 29.1 Å². The van der Waals surface area contributed by atoms with Gasteiger partial charge in [0.25, 0.3) is 11.8 Å². The summed E-state index contributed by atoms with van der Waals surface area (Å²) in [5, 5.41) is 10.4. The number of anilines is 1. The number of pyridine rings is 1. The Morgan fingerprint density at radius 1 is 1.28 bits per heavy atom.